The number of fused-ring (bicyclic) bond motifs is 1. The molecule has 83 heavy (non-hydrogen) atoms. The van der Waals surface area contributed by atoms with Crippen LogP contribution in [-0.2, 0) is 20.9 Å². The van der Waals surface area contributed by atoms with Gasteiger partial charge >= 0.3 is 0 Å². The van der Waals surface area contributed by atoms with Crippen LogP contribution in [0, 0.1) is 30.4 Å². The van der Waals surface area contributed by atoms with Gasteiger partial charge in [0.1, 0.15) is 29.4 Å². The van der Waals surface area contributed by atoms with Gasteiger partial charge in [-0.25, -0.2) is 32.4 Å². The minimum Gasteiger partial charge on any atom is -0.391 e. The number of likely N-dealkylation sites (tertiary alicyclic amines) is 1. The molecule has 4 aromatic heterocycles. The number of aryl methyl sites for hydroxylation is 1. The van der Waals surface area contributed by atoms with E-state index in [1.54, 1.807) is 34.7 Å². The summed E-state index contributed by atoms with van der Waals surface area (Å²) in [6.07, 6.45) is 6.81. The molecule has 0 radical (unpaired) electrons. The molecule has 2 unspecified atom stereocenters. The number of aromatic nitrogens is 4. The van der Waals surface area contributed by atoms with E-state index < -0.39 is 64.2 Å². The van der Waals surface area contributed by atoms with Gasteiger partial charge in [-0.3, -0.25) is 28.8 Å². The predicted octanol–water partition coefficient (Wildman–Crippen LogP) is 9.09. The number of aliphatic hydroxyl groups is 1. The molecule has 0 bridgehead atoms. The number of H-pyrrole nitrogens is 1. The van der Waals surface area contributed by atoms with Crippen molar-refractivity contribution in [3.8, 4) is 21.6 Å². The number of rotatable bonds is 17. The maximum atomic E-state index is 16.1. The Hall–Kier alpha value is -7.08. The number of piperidine rings is 1. The van der Waals surface area contributed by atoms with Crippen LogP contribution < -0.4 is 19.5 Å². The highest BCUT2D eigenvalue weighted by atomic mass is 32.2. The van der Waals surface area contributed by atoms with E-state index in [1.165, 1.54) is 11.2 Å². The zero-order valence-corrected chi connectivity index (χ0v) is 48.4. The molecule has 0 aliphatic carbocycles. The Morgan fingerprint density at radius 3 is 2.23 bits per heavy atom. The average molecular weight is 1170 g/mol. The second-order valence-electron chi connectivity index (χ2n) is 22.7. The Labute approximate surface area is 486 Å². The smallest absolute Gasteiger partial charge is 0.277 e. The quantitative estimate of drug-likeness (QED) is 0.0499. The van der Waals surface area contributed by atoms with Gasteiger partial charge in [-0.1, -0.05) is 50.2 Å². The Kier molecular flexibility index (Phi) is 17.1. The average Bonchev–Trinajstić information content (AvgIpc) is 3.89. The summed E-state index contributed by atoms with van der Waals surface area (Å²) < 4.78 is 68.6. The number of β-amino-alcohol motifs (C(OH)–C–C–N with tert-alkyl or cyclic N) is 1. The zero-order chi connectivity index (χ0) is 58.2. The van der Waals surface area contributed by atoms with E-state index in [9.17, 15) is 32.6 Å². The first-order chi connectivity index (χ1) is 40.0. The zero-order valence-electron chi connectivity index (χ0n) is 46.8. The van der Waals surface area contributed by atoms with E-state index in [0.717, 1.165) is 115 Å². The number of anilines is 3. The molecule has 3 aromatic carbocycles. The number of aliphatic hydroxyl groups excluding tert-OH is 1. The number of piperazine rings is 1. The van der Waals surface area contributed by atoms with E-state index in [2.05, 4.69) is 58.2 Å². The number of nitrogens with one attached hydrogen (secondary N) is 2. The van der Waals surface area contributed by atoms with Crippen molar-refractivity contribution < 1.29 is 41.4 Å². The number of nitrogens with zero attached hydrogens (tertiary/aromatic N) is 9. The summed E-state index contributed by atoms with van der Waals surface area (Å²) in [7, 11) is 0. The highest BCUT2D eigenvalue weighted by molar-refractivity contribution is 7.80. The van der Waals surface area contributed by atoms with Crippen LogP contribution in [-0.4, -0.2) is 150 Å². The van der Waals surface area contributed by atoms with Crippen molar-refractivity contribution in [3.05, 3.63) is 143 Å². The number of halogens is 3. The lowest BCUT2D eigenvalue weighted by atomic mass is 9.87. The van der Waals surface area contributed by atoms with Gasteiger partial charge in [-0.15, -0.1) is 11.3 Å². The molecule has 22 heteroatoms. The van der Waals surface area contributed by atoms with Crippen LogP contribution in [0.25, 0.3) is 32.6 Å². The van der Waals surface area contributed by atoms with Gasteiger partial charge in [0.2, 0.25) is 17.6 Å². The minimum atomic E-state index is -2.83. The summed E-state index contributed by atoms with van der Waals surface area (Å²) in [6, 6.07) is 20.7. The normalized spacial score (nSPS) is 20.3. The number of pyridine rings is 2. The fourth-order valence-electron chi connectivity index (χ4n) is 12.4. The number of amides is 2. The summed E-state index contributed by atoms with van der Waals surface area (Å²) in [5, 5.41) is 15.5. The number of carbonyl (C=O) groups excluding carboxylic acids is 3. The van der Waals surface area contributed by atoms with E-state index in [4.69, 9.17) is 0 Å². The second kappa shape index (κ2) is 24.6. The summed E-state index contributed by atoms with van der Waals surface area (Å²) in [5.74, 6) is -4.07. The van der Waals surface area contributed by atoms with Crippen molar-refractivity contribution in [2.75, 3.05) is 79.7 Å². The Bertz CT molecular complexity index is 3520. The maximum absolute atomic E-state index is 16.1. The number of thiazole rings is 1. The molecule has 0 spiro atoms. The van der Waals surface area contributed by atoms with Gasteiger partial charge in [-0.2, -0.15) is 4.41 Å². The van der Waals surface area contributed by atoms with Gasteiger partial charge in [0.25, 0.3) is 11.3 Å². The van der Waals surface area contributed by atoms with Gasteiger partial charge in [-0.05, 0) is 104 Å². The van der Waals surface area contributed by atoms with E-state index in [-0.39, 0.29) is 61.8 Å². The molecule has 436 valence electrons. The van der Waals surface area contributed by atoms with Crippen LogP contribution >= 0.6 is 11.3 Å². The monoisotopic (exact) mass is 1170 g/mol. The molecule has 8 heterocycles. The Morgan fingerprint density at radius 1 is 0.831 bits per heavy atom. The molecule has 11 rings (SSSR count). The van der Waals surface area contributed by atoms with E-state index in [1.807, 2.05) is 75.8 Å². The van der Waals surface area contributed by atoms with Gasteiger partial charge in [0, 0.05) is 106 Å². The Morgan fingerprint density at radius 2 is 1.55 bits per heavy atom. The molecule has 4 fully saturated rings. The first-order valence-corrected chi connectivity index (χ1v) is 30.3. The molecule has 4 aliphatic rings. The number of ketones is 1. The molecule has 4 saturated heterocycles. The summed E-state index contributed by atoms with van der Waals surface area (Å²) in [5.41, 5.74) is 8.01. The number of hydrogen-bond donors (Lipinski definition) is 4. The molecule has 7 aromatic rings. The third-order valence-corrected chi connectivity index (χ3v) is 18.6. The lowest BCUT2D eigenvalue weighted by Crippen LogP contribution is -2.49. The highest BCUT2D eigenvalue weighted by Crippen LogP contribution is 2.37. The van der Waals surface area contributed by atoms with Crippen LogP contribution in [0.2, 0.25) is 0 Å². The van der Waals surface area contributed by atoms with Crippen LogP contribution in [0.4, 0.5) is 30.2 Å². The number of hydrazine groups is 1. The molecule has 4 aliphatic heterocycles. The molecule has 2 amide bonds. The molecule has 6 atom stereocenters. The van der Waals surface area contributed by atoms with Crippen molar-refractivity contribution in [2.24, 2.45) is 11.8 Å². The van der Waals surface area contributed by atoms with E-state index in [0.29, 0.717) is 26.9 Å². The lowest BCUT2D eigenvalue weighted by molar-refractivity contribution is -0.140. The van der Waals surface area contributed by atoms with Gasteiger partial charge < -0.3 is 30.1 Å². The number of alkyl halides is 1. The van der Waals surface area contributed by atoms with Crippen molar-refractivity contribution in [2.45, 2.75) is 83.7 Å². The van der Waals surface area contributed by atoms with Crippen LogP contribution in [0.15, 0.2) is 103 Å². The van der Waals surface area contributed by atoms with Crippen molar-refractivity contribution in [3.63, 3.8) is 0 Å². The summed E-state index contributed by atoms with van der Waals surface area (Å²) >= 11 is -1.24. The van der Waals surface area contributed by atoms with E-state index >= 15 is 8.78 Å². The fraction of sp³-hybridized carbons (Fsp3) is 0.410. The lowest BCUT2D eigenvalue weighted by Gasteiger charge is -2.40. The van der Waals surface area contributed by atoms with Crippen molar-refractivity contribution in [1.82, 2.24) is 40.1 Å². The SMILES string of the molecule is Cc1ncsc1-c1ccc([C@H](C)NC(=O)[C@@H]2C[C@@H](O)CN2C(=O)C(c2cncc(N3CCN(CC4CCN(c5ccc(-c6cnc7[nH]cc(C(=O)c8c(F)ccc(N(N9CC[C@@H](F)C9)S(=O)O)c8F)c7c6)cc5)CC4)CC3)c2)C(C)C)cc1. The molecule has 17 nitrogen and oxygen atoms in total. The molecular formula is C61H68F3N11O6S2. The first-order valence-electron chi connectivity index (χ1n) is 28.4. The second-order valence-corrected chi connectivity index (χ2v) is 24.3. The van der Waals surface area contributed by atoms with Crippen molar-refractivity contribution in [1.29, 1.82) is 0 Å². The molecule has 0 saturated carbocycles. The highest BCUT2D eigenvalue weighted by Gasteiger charge is 2.43. The van der Waals surface area contributed by atoms with Crippen LogP contribution in [0.1, 0.15) is 91.2 Å². The minimum absolute atomic E-state index is 0.0314. The number of aromatic amines is 1. The fourth-order valence-corrected chi connectivity index (χ4v) is 13.8. The van der Waals surface area contributed by atoms with Crippen LogP contribution in [0.3, 0.4) is 0 Å². The summed E-state index contributed by atoms with van der Waals surface area (Å²) in [4.78, 5) is 68.8. The number of hydrogen-bond acceptors (Lipinski definition) is 13. The van der Waals surface area contributed by atoms with Gasteiger partial charge in [0.05, 0.1) is 58.1 Å². The Balaban J connectivity index is 0.670. The topological polar surface area (TPSA) is 195 Å². The number of carbonyl (C=O) groups is 3. The number of benzene rings is 3. The third kappa shape index (κ3) is 12.2. The van der Waals surface area contributed by atoms with Gasteiger partial charge in [0.15, 0.2) is 5.82 Å². The molecular weight excluding hydrogens is 1100 g/mol. The maximum Gasteiger partial charge on any atom is 0.277 e. The third-order valence-electron chi connectivity index (χ3n) is 16.9. The standard InChI is InChI=1S/C61H68F3N11O6S2/c1-36(2)54(61(79)74-34-48(76)27-53(74)60(78)69-37(3)40-5-7-42(8-6-40)58-38(4)68-35-82-58)44-25-47(30-65-28-44)72-23-21-70(22-24-72)32-39-15-18-71(19-16-39)46-11-9-41(10-12-46)43-26-49-50(31-67-59(49)66-29-43)57(77)55-51(63)13-14-52(56(55)64)75(83(80)81)73-20-17-45(62)33-73/h5-14,25-26,28-31,35-37,39,45,48,53-54,76H,15-24,27,32-34H2,1-4H3,(H,66,67)(H,69,78)(H,80,81)/t37-,45+,48+,53-,54?/m0/s1. The summed E-state index contributed by atoms with van der Waals surface area (Å²) in [6.45, 7) is 14.0. The van der Waals surface area contributed by atoms with Crippen molar-refractivity contribution >= 4 is 68.3 Å². The largest absolute Gasteiger partial charge is 0.391 e. The van der Waals surface area contributed by atoms with Crippen LogP contribution in [0.5, 0.6) is 0 Å². The predicted molar refractivity (Wildman–Crippen MR) is 316 cm³/mol. The first kappa shape index (κ1) is 57.7. The molecule has 4 N–H and O–H groups in total.